The summed E-state index contributed by atoms with van der Waals surface area (Å²) in [6.07, 6.45) is 0.291. The lowest BCUT2D eigenvalue weighted by Crippen LogP contribution is -2.24. The number of hydrogen-bond donors (Lipinski definition) is 1. The van der Waals surface area contributed by atoms with Crippen molar-refractivity contribution < 1.29 is 14.8 Å². The summed E-state index contributed by atoms with van der Waals surface area (Å²) in [5.41, 5.74) is 0.475. The molecule has 0 aliphatic carbocycles. The molecule has 1 saturated heterocycles. The highest BCUT2D eigenvalue weighted by Gasteiger charge is 2.30. The van der Waals surface area contributed by atoms with Gasteiger partial charge in [0.25, 0.3) is 5.69 Å². The van der Waals surface area contributed by atoms with Crippen molar-refractivity contribution in [2.45, 2.75) is 6.42 Å². The van der Waals surface area contributed by atoms with Crippen LogP contribution in [0.3, 0.4) is 0 Å². The molecule has 0 aromatic heterocycles. The number of benzene rings is 1. The van der Waals surface area contributed by atoms with Crippen LogP contribution in [0.1, 0.15) is 6.42 Å². The van der Waals surface area contributed by atoms with E-state index >= 15 is 0 Å². The maximum absolute atomic E-state index is 11.7. The molecular formula is C11H12N2O4. The van der Waals surface area contributed by atoms with Crippen LogP contribution in [0.25, 0.3) is 0 Å². The van der Waals surface area contributed by atoms with Gasteiger partial charge in [-0.05, 0) is 6.07 Å². The van der Waals surface area contributed by atoms with Gasteiger partial charge in [-0.2, -0.15) is 0 Å². The van der Waals surface area contributed by atoms with E-state index in [4.69, 9.17) is 5.11 Å². The first-order valence-corrected chi connectivity index (χ1v) is 5.27. The normalized spacial score (nSPS) is 19.7. The number of aliphatic hydroxyl groups excluding tert-OH is 1. The number of rotatable bonds is 3. The van der Waals surface area contributed by atoms with Crippen molar-refractivity contribution in [3.63, 3.8) is 0 Å². The maximum Gasteiger partial charge on any atom is 0.271 e. The van der Waals surface area contributed by atoms with E-state index in [0.717, 1.165) is 0 Å². The van der Waals surface area contributed by atoms with Gasteiger partial charge in [0, 0.05) is 37.6 Å². The Hall–Kier alpha value is -1.95. The number of nitro benzene ring substituents is 1. The zero-order valence-corrected chi connectivity index (χ0v) is 9.07. The number of anilines is 1. The van der Waals surface area contributed by atoms with Gasteiger partial charge in [0.1, 0.15) is 0 Å². The van der Waals surface area contributed by atoms with Gasteiger partial charge in [-0.25, -0.2) is 0 Å². The molecule has 6 heteroatoms. The number of carbonyl (C=O) groups excluding carboxylic acids is 1. The SMILES string of the molecule is O=C1CC(CO)CN1c1cccc([N+](=O)[O-])c1. The summed E-state index contributed by atoms with van der Waals surface area (Å²) >= 11 is 0. The van der Waals surface area contributed by atoms with E-state index in [-0.39, 0.29) is 24.1 Å². The lowest BCUT2D eigenvalue weighted by Gasteiger charge is -2.15. The topological polar surface area (TPSA) is 83.7 Å². The van der Waals surface area contributed by atoms with E-state index in [2.05, 4.69) is 0 Å². The summed E-state index contributed by atoms with van der Waals surface area (Å²) in [6.45, 7) is 0.369. The number of nitro groups is 1. The Balaban J connectivity index is 2.25. The maximum atomic E-state index is 11.7. The largest absolute Gasteiger partial charge is 0.396 e. The second-order valence-electron chi connectivity index (χ2n) is 4.03. The Morgan fingerprint density at radius 3 is 2.88 bits per heavy atom. The number of aliphatic hydroxyl groups is 1. The molecule has 1 amide bonds. The van der Waals surface area contributed by atoms with E-state index < -0.39 is 4.92 Å². The molecule has 0 saturated carbocycles. The van der Waals surface area contributed by atoms with Crippen molar-refractivity contribution >= 4 is 17.3 Å². The van der Waals surface area contributed by atoms with E-state index in [9.17, 15) is 14.9 Å². The van der Waals surface area contributed by atoms with E-state index in [1.54, 1.807) is 12.1 Å². The molecule has 0 bridgehead atoms. The van der Waals surface area contributed by atoms with Gasteiger partial charge in [-0.15, -0.1) is 0 Å². The molecule has 1 N–H and O–H groups in total. The molecule has 1 aliphatic heterocycles. The molecule has 2 rings (SSSR count). The molecule has 0 radical (unpaired) electrons. The molecule has 0 spiro atoms. The summed E-state index contributed by atoms with van der Waals surface area (Å²) in [4.78, 5) is 23.3. The predicted molar refractivity (Wildman–Crippen MR) is 60.6 cm³/mol. The first-order chi connectivity index (χ1) is 8.11. The summed E-state index contributed by atoms with van der Waals surface area (Å²) < 4.78 is 0. The smallest absolute Gasteiger partial charge is 0.271 e. The number of carbonyl (C=O) groups is 1. The van der Waals surface area contributed by atoms with Gasteiger partial charge in [0.05, 0.1) is 10.6 Å². The fraction of sp³-hybridized carbons (Fsp3) is 0.364. The molecule has 1 unspecified atom stereocenters. The Morgan fingerprint density at radius 1 is 1.53 bits per heavy atom. The van der Waals surface area contributed by atoms with E-state index in [1.807, 2.05) is 0 Å². The lowest BCUT2D eigenvalue weighted by molar-refractivity contribution is -0.384. The summed E-state index contributed by atoms with van der Waals surface area (Å²) in [7, 11) is 0. The van der Waals surface area contributed by atoms with E-state index in [0.29, 0.717) is 18.7 Å². The molecule has 17 heavy (non-hydrogen) atoms. The van der Waals surface area contributed by atoms with Gasteiger partial charge < -0.3 is 10.0 Å². The third kappa shape index (κ3) is 2.26. The molecule has 1 heterocycles. The molecule has 1 aromatic carbocycles. The minimum absolute atomic E-state index is 0.0391. The minimum atomic E-state index is -0.492. The van der Waals surface area contributed by atoms with Gasteiger partial charge >= 0.3 is 0 Å². The first-order valence-electron chi connectivity index (χ1n) is 5.27. The van der Waals surface area contributed by atoms with Gasteiger partial charge in [-0.1, -0.05) is 6.07 Å². The summed E-state index contributed by atoms with van der Waals surface area (Å²) in [5.74, 6) is -0.189. The predicted octanol–water partition coefficient (Wildman–Crippen LogP) is 0.940. The van der Waals surface area contributed by atoms with Gasteiger partial charge in [-0.3, -0.25) is 14.9 Å². The van der Waals surface area contributed by atoms with Gasteiger partial charge in [0.15, 0.2) is 0 Å². The third-order valence-electron chi connectivity index (χ3n) is 2.82. The average Bonchev–Trinajstić information content (AvgIpc) is 2.71. The van der Waals surface area contributed by atoms with Crippen LogP contribution in [-0.2, 0) is 4.79 Å². The number of nitrogens with zero attached hydrogens (tertiary/aromatic N) is 2. The highest BCUT2D eigenvalue weighted by Crippen LogP contribution is 2.27. The molecule has 1 fully saturated rings. The van der Waals surface area contributed by atoms with Crippen LogP contribution < -0.4 is 4.90 Å². The molecular weight excluding hydrogens is 224 g/mol. The highest BCUT2D eigenvalue weighted by atomic mass is 16.6. The molecule has 90 valence electrons. The first kappa shape index (κ1) is 11.5. The van der Waals surface area contributed by atoms with Crippen molar-refractivity contribution in [3.8, 4) is 0 Å². The monoisotopic (exact) mass is 236 g/mol. The second-order valence-corrected chi connectivity index (χ2v) is 4.03. The quantitative estimate of drug-likeness (QED) is 0.625. The highest BCUT2D eigenvalue weighted by molar-refractivity contribution is 5.96. The van der Waals surface area contributed by atoms with Crippen LogP contribution in [0.4, 0.5) is 11.4 Å². The Morgan fingerprint density at radius 2 is 2.29 bits per heavy atom. The Bertz CT molecular complexity index is 461. The van der Waals surface area contributed by atoms with Crippen molar-refractivity contribution in [3.05, 3.63) is 34.4 Å². The van der Waals surface area contributed by atoms with Crippen molar-refractivity contribution in [2.24, 2.45) is 5.92 Å². The Kier molecular flexibility index (Phi) is 3.06. The Labute approximate surface area is 97.6 Å². The minimum Gasteiger partial charge on any atom is -0.396 e. The molecule has 1 aromatic rings. The fourth-order valence-corrected chi connectivity index (χ4v) is 1.93. The third-order valence-corrected chi connectivity index (χ3v) is 2.82. The van der Waals surface area contributed by atoms with E-state index in [1.165, 1.54) is 17.0 Å². The van der Waals surface area contributed by atoms with Crippen LogP contribution in [-0.4, -0.2) is 29.1 Å². The zero-order valence-electron chi connectivity index (χ0n) is 9.07. The standard InChI is InChI=1S/C11H12N2O4/c14-7-8-4-11(15)12(6-8)9-2-1-3-10(5-9)13(16)17/h1-3,5,8,14H,4,6-7H2. The van der Waals surface area contributed by atoms with Crippen LogP contribution >= 0.6 is 0 Å². The van der Waals surface area contributed by atoms with Crippen molar-refractivity contribution in [1.82, 2.24) is 0 Å². The van der Waals surface area contributed by atoms with Crippen LogP contribution in [0.15, 0.2) is 24.3 Å². The molecule has 1 atom stereocenters. The zero-order chi connectivity index (χ0) is 12.4. The van der Waals surface area contributed by atoms with Crippen LogP contribution in [0, 0.1) is 16.0 Å². The van der Waals surface area contributed by atoms with Crippen molar-refractivity contribution in [2.75, 3.05) is 18.1 Å². The van der Waals surface area contributed by atoms with Crippen molar-refractivity contribution in [1.29, 1.82) is 0 Å². The van der Waals surface area contributed by atoms with Gasteiger partial charge in [0.2, 0.25) is 5.91 Å². The number of amides is 1. The summed E-state index contributed by atoms with van der Waals surface area (Å²) in [5, 5.41) is 19.6. The molecule has 1 aliphatic rings. The average molecular weight is 236 g/mol. The summed E-state index contributed by atoms with van der Waals surface area (Å²) in [6, 6.07) is 5.96. The number of hydrogen-bond acceptors (Lipinski definition) is 4. The molecule has 6 nitrogen and oxygen atoms in total. The van der Waals surface area contributed by atoms with Crippen LogP contribution in [0.2, 0.25) is 0 Å². The number of non-ortho nitro benzene ring substituents is 1. The second kappa shape index (κ2) is 4.50. The van der Waals surface area contributed by atoms with Crippen LogP contribution in [0.5, 0.6) is 0 Å². The fourth-order valence-electron chi connectivity index (χ4n) is 1.93. The lowest BCUT2D eigenvalue weighted by atomic mass is 10.1.